The largest absolute Gasteiger partial charge is 0.392 e. The molecule has 0 aliphatic rings. The number of carbonyl (C=O) groups is 2. The number of rotatable bonds is 9. The first kappa shape index (κ1) is 24.9. The zero-order valence-electron chi connectivity index (χ0n) is 16.2. The third kappa shape index (κ3) is 8.03. The van der Waals surface area contributed by atoms with E-state index in [-0.39, 0.29) is 37.4 Å². The van der Waals surface area contributed by atoms with Gasteiger partial charge in [0.1, 0.15) is 6.04 Å². The van der Waals surface area contributed by atoms with E-state index in [1.807, 2.05) is 30.3 Å². The van der Waals surface area contributed by atoms with Crippen molar-refractivity contribution in [2.24, 2.45) is 5.73 Å². The number of amides is 2. The number of halogens is 2. The molecule has 0 bridgehead atoms. The number of aliphatic hydroxyl groups is 1. The summed E-state index contributed by atoms with van der Waals surface area (Å²) in [5.41, 5.74) is 8.46. The van der Waals surface area contributed by atoms with E-state index in [0.29, 0.717) is 23.4 Å². The molecule has 0 saturated heterocycles. The van der Waals surface area contributed by atoms with Gasteiger partial charge in [-0.2, -0.15) is 0 Å². The first-order valence-electron chi connectivity index (χ1n) is 9.16. The molecule has 0 radical (unpaired) electrons. The predicted octanol–water partition coefficient (Wildman–Crippen LogP) is 2.34. The summed E-state index contributed by atoms with van der Waals surface area (Å²) >= 11 is 5.96. The van der Waals surface area contributed by atoms with Crippen molar-refractivity contribution in [1.82, 2.24) is 10.6 Å². The van der Waals surface area contributed by atoms with Crippen molar-refractivity contribution < 1.29 is 14.7 Å². The van der Waals surface area contributed by atoms with Crippen LogP contribution in [0.4, 0.5) is 0 Å². The molecule has 2 atom stereocenters. The van der Waals surface area contributed by atoms with Gasteiger partial charge in [-0.25, -0.2) is 0 Å². The summed E-state index contributed by atoms with van der Waals surface area (Å²) in [5.74, 6) is -0.704. The van der Waals surface area contributed by atoms with Crippen LogP contribution in [-0.4, -0.2) is 29.0 Å². The Kier molecular flexibility index (Phi) is 10.7. The van der Waals surface area contributed by atoms with Crippen LogP contribution in [-0.2, 0) is 29.2 Å². The van der Waals surface area contributed by atoms with Crippen LogP contribution in [0.5, 0.6) is 0 Å². The van der Waals surface area contributed by atoms with Crippen LogP contribution in [0.2, 0.25) is 5.02 Å². The van der Waals surface area contributed by atoms with Crippen molar-refractivity contribution in [1.29, 1.82) is 0 Å². The van der Waals surface area contributed by atoms with Crippen molar-refractivity contribution in [3.05, 3.63) is 70.2 Å². The molecule has 0 aromatic heterocycles. The van der Waals surface area contributed by atoms with E-state index in [4.69, 9.17) is 17.3 Å². The van der Waals surface area contributed by atoms with Crippen LogP contribution in [0.25, 0.3) is 0 Å². The molecule has 0 fully saturated rings. The first-order chi connectivity index (χ1) is 13.4. The smallest absolute Gasteiger partial charge is 0.242 e. The Labute approximate surface area is 182 Å². The van der Waals surface area contributed by atoms with Gasteiger partial charge in [0.15, 0.2) is 0 Å². The van der Waals surface area contributed by atoms with Crippen molar-refractivity contribution >= 4 is 35.8 Å². The zero-order chi connectivity index (χ0) is 20.5. The van der Waals surface area contributed by atoms with Crippen molar-refractivity contribution in [2.45, 2.75) is 45.0 Å². The fourth-order valence-electron chi connectivity index (χ4n) is 2.73. The third-order valence-electron chi connectivity index (χ3n) is 4.47. The molecule has 5 N–H and O–H groups in total. The Hall–Kier alpha value is -2.12. The summed E-state index contributed by atoms with van der Waals surface area (Å²) in [5, 5.41) is 15.3. The summed E-state index contributed by atoms with van der Waals surface area (Å²) in [6, 6.07) is 13.4. The highest BCUT2D eigenvalue weighted by Crippen LogP contribution is 2.16. The van der Waals surface area contributed by atoms with Crippen molar-refractivity contribution in [3.63, 3.8) is 0 Å². The van der Waals surface area contributed by atoms with Gasteiger partial charge in [0.2, 0.25) is 11.8 Å². The Balaban J connectivity index is 0.00000420. The van der Waals surface area contributed by atoms with E-state index in [0.717, 1.165) is 11.1 Å². The molecule has 6 nitrogen and oxygen atoms in total. The normalized spacial score (nSPS) is 12.4. The molecule has 158 valence electrons. The second-order valence-corrected chi connectivity index (χ2v) is 7.09. The number of nitrogens with one attached hydrogen (secondary N) is 2. The molecule has 2 amide bonds. The maximum Gasteiger partial charge on any atom is 0.242 e. The lowest BCUT2D eigenvalue weighted by Crippen LogP contribution is -2.50. The van der Waals surface area contributed by atoms with E-state index in [1.165, 1.54) is 0 Å². The van der Waals surface area contributed by atoms with Gasteiger partial charge in [-0.15, -0.1) is 12.4 Å². The number of carbonyl (C=O) groups excluding carboxylic acids is 2. The molecule has 0 aliphatic heterocycles. The van der Waals surface area contributed by atoms with Gasteiger partial charge in [-0.05, 0) is 48.6 Å². The minimum absolute atomic E-state index is 0. The fraction of sp³-hybridized carbons (Fsp3) is 0.333. The Morgan fingerprint density at radius 3 is 2.45 bits per heavy atom. The zero-order valence-corrected chi connectivity index (χ0v) is 17.8. The highest BCUT2D eigenvalue weighted by molar-refractivity contribution is 6.30. The summed E-state index contributed by atoms with van der Waals surface area (Å²) < 4.78 is 0. The third-order valence-corrected chi connectivity index (χ3v) is 4.70. The summed E-state index contributed by atoms with van der Waals surface area (Å²) in [7, 11) is 0. The Bertz CT molecular complexity index is 803. The van der Waals surface area contributed by atoms with Crippen molar-refractivity contribution in [2.75, 3.05) is 0 Å². The second kappa shape index (κ2) is 12.4. The minimum Gasteiger partial charge on any atom is -0.392 e. The highest BCUT2D eigenvalue weighted by atomic mass is 35.5. The average molecular weight is 440 g/mol. The van der Waals surface area contributed by atoms with Gasteiger partial charge < -0.3 is 21.5 Å². The van der Waals surface area contributed by atoms with Gasteiger partial charge in [0, 0.05) is 11.6 Å². The molecule has 2 aromatic rings. The maximum absolute atomic E-state index is 12.3. The Morgan fingerprint density at radius 2 is 1.79 bits per heavy atom. The molecule has 0 saturated carbocycles. The van der Waals surface area contributed by atoms with E-state index in [2.05, 4.69) is 10.6 Å². The van der Waals surface area contributed by atoms with Crippen molar-refractivity contribution in [3.8, 4) is 0 Å². The molecular formula is C21H27Cl2N3O3. The average Bonchev–Trinajstić information content (AvgIpc) is 2.70. The lowest BCUT2D eigenvalue weighted by Gasteiger charge is -2.18. The topological polar surface area (TPSA) is 104 Å². The van der Waals surface area contributed by atoms with Crippen LogP contribution in [0.1, 0.15) is 30.0 Å². The second-order valence-electron chi connectivity index (χ2n) is 6.65. The fourth-order valence-corrected chi connectivity index (χ4v) is 2.93. The molecule has 0 spiro atoms. The number of hydrogen-bond donors (Lipinski definition) is 4. The van der Waals surface area contributed by atoms with Crippen LogP contribution in [0, 0.1) is 0 Å². The monoisotopic (exact) mass is 439 g/mol. The SMILES string of the molecule is CC(NC(=O)C(N)CCc1ccccc1)C(=O)NCc1cc(Cl)ccc1CO.Cl. The summed E-state index contributed by atoms with van der Waals surface area (Å²) in [6.07, 6.45) is 1.18. The van der Waals surface area contributed by atoms with E-state index in [1.54, 1.807) is 25.1 Å². The molecular weight excluding hydrogens is 413 g/mol. The lowest BCUT2D eigenvalue weighted by molar-refractivity contribution is -0.129. The first-order valence-corrected chi connectivity index (χ1v) is 9.54. The van der Waals surface area contributed by atoms with Crippen LogP contribution in [0.15, 0.2) is 48.5 Å². The quantitative estimate of drug-likeness (QED) is 0.481. The van der Waals surface area contributed by atoms with Crippen LogP contribution < -0.4 is 16.4 Å². The molecule has 0 aliphatic carbocycles. The van der Waals surface area contributed by atoms with Gasteiger partial charge in [0.05, 0.1) is 12.6 Å². The van der Waals surface area contributed by atoms with Gasteiger partial charge in [-0.3, -0.25) is 9.59 Å². The highest BCUT2D eigenvalue weighted by Gasteiger charge is 2.20. The van der Waals surface area contributed by atoms with Crippen LogP contribution in [0.3, 0.4) is 0 Å². The van der Waals surface area contributed by atoms with E-state index < -0.39 is 12.1 Å². The molecule has 29 heavy (non-hydrogen) atoms. The summed E-state index contributed by atoms with van der Waals surface area (Å²) in [4.78, 5) is 24.5. The maximum atomic E-state index is 12.3. The van der Waals surface area contributed by atoms with E-state index in [9.17, 15) is 14.7 Å². The molecule has 2 unspecified atom stereocenters. The minimum atomic E-state index is -0.730. The Morgan fingerprint density at radius 1 is 1.10 bits per heavy atom. The summed E-state index contributed by atoms with van der Waals surface area (Å²) in [6.45, 7) is 1.66. The molecule has 8 heteroatoms. The van der Waals surface area contributed by atoms with Gasteiger partial charge in [-0.1, -0.05) is 48.0 Å². The van der Waals surface area contributed by atoms with Gasteiger partial charge in [0.25, 0.3) is 0 Å². The number of aliphatic hydroxyl groups excluding tert-OH is 1. The molecule has 0 heterocycles. The van der Waals surface area contributed by atoms with Gasteiger partial charge >= 0.3 is 0 Å². The lowest BCUT2D eigenvalue weighted by atomic mass is 10.1. The number of nitrogens with two attached hydrogens (primary N) is 1. The standard InChI is InChI=1S/C21H26ClN3O3.ClH/c1-14(20(27)24-12-17-11-18(22)9-8-16(17)13-26)25-21(28)19(23)10-7-15-5-3-2-4-6-15;/h2-6,8-9,11,14,19,26H,7,10,12-13,23H2,1H3,(H,24,27)(H,25,28);1H. The number of hydrogen-bond acceptors (Lipinski definition) is 4. The molecule has 2 aromatic carbocycles. The predicted molar refractivity (Wildman–Crippen MR) is 117 cm³/mol. The van der Waals surface area contributed by atoms with E-state index >= 15 is 0 Å². The number of benzene rings is 2. The number of aryl methyl sites for hydroxylation is 1. The molecule has 2 rings (SSSR count). The van der Waals surface area contributed by atoms with Crippen LogP contribution >= 0.6 is 24.0 Å².